The van der Waals surface area contributed by atoms with Gasteiger partial charge in [0.25, 0.3) is 0 Å². The van der Waals surface area contributed by atoms with E-state index in [2.05, 4.69) is 4.98 Å². The lowest BCUT2D eigenvalue weighted by molar-refractivity contribution is 0.0976. The highest BCUT2D eigenvalue weighted by molar-refractivity contribution is 5.98. The van der Waals surface area contributed by atoms with Gasteiger partial charge in [-0.1, -0.05) is 12.1 Å². The van der Waals surface area contributed by atoms with Crippen molar-refractivity contribution in [3.05, 3.63) is 60.0 Å². The SMILES string of the molecule is COc1ccc(-c2nc(CCC(=O)c3ccccc3OC(C)C)co2)cc1OC. The molecule has 2 aromatic carbocycles. The molecule has 6 nitrogen and oxygen atoms in total. The van der Waals surface area contributed by atoms with Crippen molar-refractivity contribution < 1.29 is 23.4 Å². The maximum Gasteiger partial charge on any atom is 0.226 e. The summed E-state index contributed by atoms with van der Waals surface area (Å²) in [5, 5.41) is 0. The average Bonchev–Trinajstić information content (AvgIpc) is 3.20. The van der Waals surface area contributed by atoms with Crippen LogP contribution in [0.2, 0.25) is 0 Å². The Morgan fingerprint density at radius 3 is 2.52 bits per heavy atom. The zero-order chi connectivity index (χ0) is 20.8. The molecule has 0 fully saturated rings. The lowest BCUT2D eigenvalue weighted by atomic mass is 10.0. The highest BCUT2D eigenvalue weighted by Crippen LogP contribution is 2.32. The number of aryl methyl sites for hydroxylation is 1. The van der Waals surface area contributed by atoms with Crippen LogP contribution < -0.4 is 14.2 Å². The third-order valence-electron chi connectivity index (χ3n) is 4.34. The lowest BCUT2D eigenvalue weighted by Gasteiger charge is -2.13. The maximum absolute atomic E-state index is 12.7. The van der Waals surface area contributed by atoms with Gasteiger partial charge in [-0.3, -0.25) is 4.79 Å². The number of benzene rings is 2. The van der Waals surface area contributed by atoms with Gasteiger partial charge in [0.2, 0.25) is 5.89 Å². The molecule has 29 heavy (non-hydrogen) atoms. The van der Waals surface area contributed by atoms with Crippen molar-refractivity contribution in [2.45, 2.75) is 32.8 Å². The minimum atomic E-state index is 0.00327. The molecule has 6 heteroatoms. The number of para-hydroxylation sites is 1. The van der Waals surface area contributed by atoms with Gasteiger partial charge < -0.3 is 18.6 Å². The first-order valence-corrected chi connectivity index (χ1v) is 9.47. The maximum atomic E-state index is 12.7. The van der Waals surface area contributed by atoms with Crippen molar-refractivity contribution in [3.8, 4) is 28.7 Å². The van der Waals surface area contributed by atoms with Crippen molar-refractivity contribution in [1.82, 2.24) is 4.98 Å². The number of hydrogen-bond acceptors (Lipinski definition) is 6. The number of ketones is 1. The largest absolute Gasteiger partial charge is 0.493 e. The van der Waals surface area contributed by atoms with Crippen LogP contribution in [0.3, 0.4) is 0 Å². The first-order valence-electron chi connectivity index (χ1n) is 9.47. The van der Waals surface area contributed by atoms with Crippen LogP contribution in [0.4, 0.5) is 0 Å². The van der Waals surface area contributed by atoms with E-state index in [-0.39, 0.29) is 11.9 Å². The van der Waals surface area contributed by atoms with E-state index in [9.17, 15) is 4.79 Å². The van der Waals surface area contributed by atoms with Gasteiger partial charge in [0.1, 0.15) is 12.0 Å². The number of ether oxygens (including phenoxy) is 3. The molecule has 0 radical (unpaired) electrons. The first kappa shape index (κ1) is 20.5. The van der Waals surface area contributed by atoms with E-state index in [0.717, 1.165) is 5.56 Å². The summed E-state index contributed by atoms with van der Waals surface area (Å²) < 4.78 is 21.9. The van der Waals surface area contributed by atoms with Crippen LogP contribution in [-0.4, -0.2) is 31.1 Å². The number of hydrogen-bond donors (Lipinski definition) is 0. The zero-order valence-electron chi connectivity index (χ0n) is 17.1. The van der Waals surface area contributed by atoms with Gasteiger partial charge in [-0.15, -0.1) is 0 Å². The Bertz CT molecular complexity index is 977. The Kier molecular flexibility index (Phi) is 6.54. The van der Waals surface area contributed by atoms with Gasteiger partial charge in [-0.05, 0) is 44.2 Å². The van der Waals surface area contributed by atoms with Crippen LogP contribution in [0.15, 0.2) is 53.1 Å². The molecule has 0 atom stereocenters. The van der Waals surface area contributed by atoms with Gasteiger partial charge in [-0.25, -0.2) is 4.98 Å². The van der Waals surface area contributed by atoms with Gasteiger partial charge in [0, 0.05) is 18.4 Å². The molecule has 0 aliphatic rings. The van der Waals surface area contributed by atoms with Gasteiger partial charge >= 0.3 is 0 Å². The molecule has 3 aromatic rings. The smallest absolute Gasteiger partial charge is 0.226 e. The van der Waals surface area contributed by atoms with E-state index in [0.29, 0.717) is 47.2 Å². The van der Waals surface area contributed by atoms with Crippen LogP contribution in [0.5, 0.6) is 17.2 Å². The summed E-state index contributed by atoms with van der Waals surface area (Å²) in [6.07, 6.45) is 2.38. The second-order valence-electron chi connectivity index (χ2n) is 6.80. The van der Waals surface area contributed by atoms with Crippen LogP contribution >= 0.6 is 0 Å². The predicted octanol–water partition coefficient (Wildman–Crippen LogP) is 4.96. The Balaban J connectivity index is 1.69. The quantitative estimate of drug-likeness (QED) is 0.477. The van der Waals surface area contributed by atoms with Crippen molar-refractivity contribution in [2.24, 2.45) is 0 Å². The van der Waals surface area contributed by atoms with Gasteiger partial charge in [-0.2, -0.15) is 0 Å². The van der Waals surface area contributed by atoms with Crippen molar-refractivity contribution in [1.29, 1.82) is 0 Å². The number of aromatic nitrogens is 1. The lowest BCUT2D eigenvalue weighted by Crippen LogP contribution is -2.10. The molecule has 0 aliphatic heterocycles. The van der Waals surface area contributed by atoms with Crippen molar-refractivity contribution in [2.75, 3.05) is 14.2 Å². The van der Waals surface area contributed by atoms with E-state index in [1.807, 2.05) is 38.1 Å². The van der Waals surface area contributed by atoms with Gasteiger partial charge in [0.05, 0.1) is 31.6 Å². The number of nitrogens with zero attached hydrogens (tertiary/aromatic N) is 1. The molecule has 0 saturated heterocycles. The van der Waals surface area contributed by atoms with E-state index in [1.54, 1.807) is 38.7 Å². The number of rotatable bonds is 9. The number of oxazole rings is 1. The van der Waals surface area contributed by atoms with E-state index in [4.69, 9.17) is 18.6 Å². The van der Waals surface area contributed by atoms with Crippen LogP contribution in [0, 0.1) is 0 Å². The molecule has 152 valence electrons. The number of carbonyl (C=O) groups is 1. The van der Waals surface area contributed by atoms with E-state index < -0.39 is 0 Å². The summed E-state index contributed by atoms with van der Waals surface area (Å²) in [7, 11) is 3.16. The highest BCUT2D eigenvalue weighted by Gasteiger charge is 2.15. The summed E-state index contributed by atoms with van der Waals surface area (Å²) in [5.41, 5.74) is 2.08. The number of carbonyl (C=O) groups excluding carboxylic acids is 1. The van der Waals surface area contributed by atoms with E-state index >= 15 is 0 Å². The fourth-order valence-electron chi connectivity index (χ4n) is 2.95. The highest BCUT2D eigenvalue weighted by atomic mass is 16.5. The summed E-state index contributed by atoms with van der Waals surface area (Å²) in [6.45, 7) is 3.87. The van der Waals surface area contributed by atoms with Crippen LogP contribution in [-0.2, 0) is 6.42 Å². The standard InChI is InChI=1S/C23H25NO5/c1-15(2)29-20-8-6-5-7-18(20)19(25)11-10-17-14-28-23(24-17)16-9-12-21(26-3)22(13-16)27-4/h5-9,12-15H,10-11H2,1-4H3. The molecule has 1 heterocycles. The normalized spacial score (nSPS) is 10.8. The minimum absolute atomic E-state index is 0.00327. The topological polar surface area (TPSA) is 70.8 Å². The molecule has 0 unspecified atom stereocenters. The Morgan fingerprint density at radius 1 is 1.03 bits per heavy atom. The molecule has 0 N–H and O–H groups in total. The fourth-order valence-corrected chi connectivity index (χ4v) is 2.95. The third kappa shape index (κ3) is 4.96. The Labute approximate surface area is 170 Å². The van der Waals surface area contributed by atoms with Crippen LogP contribution in [0.1, 0.15) is 36.3 Å². The average molecular weight is 395 g/mol. The number of methoxy groups -OCH3 is 2. The molecule has 0 amide bonds. The number of Topliss-reactive ketones (excluding diaryl/α,β-unsaturated/α-hetero) is 1. The van der Waals surface area contributed by atoms with Crippen molar-refractivity contribution >= 4 is 5.78 Å². The summed E-state index contributed by atoms with van der Waals surface area (Å²) >= 11 is 0. The Hall–Kier alpha value is -3.28. The summed E-state index contributed by atoms with van der Waals surface area (Å²) in [5.74, 6) is 2.32. The monoisotopic (exact) mass is 395 g/mol. The molecule has 0 saturated carbocycles. The molecule has 0 aliphatic carbocycles. The summed E-state index contributed by atoms with van der Waals surface area (Å²) in [6, 6.07) is 12.8. The molecular weight excluding hydrogens is 370 g/mol. The van der Waals surface area contributed by atoms with Crippen molar-refractivity contribution in [3.63, 3.8) is 0 Å². The predicted molar refractivity (Wildman–Crippen MR) is 110 cm³/mol. The third-order valence-corrected chi connectivity index (χ3v) is 4.34. The van der Waals surface area contributed by atoms with E-state index in [1.165, 1.54) is 0 Å². The molecule has 0 bridgehead atoms. The van der Waals surface area contributed by atoms with Gasteiger partial charge in [0.15, 0.2) is 17.3 Å². The zero-order valence-corrected chi connectivity index (χ0v) is 17.1. The second-order valence-corrected chi connectivity index (χ2v) is 6.80. The summed E-state index contributed by atoms with van der Waals surface area (Å²) in [4.78, 5) is 17.2. The first-order chi connectivity index (χ1) is 14.0. The molecule has 1 aromatic heterocycles. The molecule has 3 rings (SSSR count). The minimum Gasteiger partial charge on any atom is -0.493 e. The molecular formula is C23H25NO5. The Morgan fingerprint density at radius 2 is 1.79 bits per heavy atom. The fraction of sp³-hybridized carbons (Fsp3) is 0.304. The van der Waals surface area contributed by atoms with Crippen LogP contribution in [0.25, 0.3) is 11.5 Å². The molecule has 0 spiro atoms. The second kappa shape index (κ2) is 9.28.